The molecular formula is C16H15BrF2. The molecule has 1 unspecified atom stereocenters. The third kappa shape index (κ3) is 3.63. The Morgan fingerprint density at radius 3 is 2.42 bits per heavy atom. The molecule has 0 nitrogen and oxygen atoms in total. The fourth-order valence-electron chi connectivity index (χ4n) is 2.18. The minimum atomic E-state index is -0.223. The third-order valence-corrected chi connectivity index (χ3v) is 4.06. The highest BCUT2D eigenvalue weighted by atomic mass is 79.9. The maximum atomic E-state index is 13.3. The molecule has 0 N–H and O–H groups in total. The smallest absolute Gasteiger partial charge is 0.123 e. The van der Waals surface area contributed by atoms with Gasteiger partial charge in [-0.2, -0.15) is 0 Å². The number of benzene rings is 2. The minimum absolute atomic E-state index is 0.180. The number of halogens is 3. The predicted octanol–water partition coefficient (Wildman–Crippen LogP) is 4.99. The van der Waals surface area contributed by atoms with E-state index in [9.17, 15) is 8.78 Å². The average molecular weight is 325 g/mol. The van der Waals surface area contributed by atoms with E-state index >= 15 is 0 Å². The second-order valence-corrected chi connectivity index (χ2v) is 5.33. The van der Waals surface area contributed by atoms with Crippen LogP contribution in [0, 0.1) is 18.6 Å². The van der Waals surface area contributed by atoms with Gasteiger partial charge in [-0.1, -0.05) is 34.1 Å². The highest BCUT2D eigenvalue weighted by Crippen LogP contribution is 2.25. The van der Waals surface area contributed by atoms with E-state index in [-0.39, 0.29) is 17.6 Å². The van der Waals surface area contributed by atoms with Crippen LogP contribution in [0.2, 0.25) is 0 Å². The van der Waals surface area contributed by atoms with Crippen LogP contribution < -0.4 is 0 Å². The molecular weight excluding hydrogens is 310 g/mol. The summed E-state index contributed by atoms with van der Waals surface area (Å²) in [6, 6.07) is 11.5. The Balaban J connectivity index is 2.24. The van der Waals surface area contributed by atoms with Crippen LogP contribution in [0.3, 0.4) is 0 Å². The Hall–Kier alpha value is -1.22. The number of hydrogen-bond donors (Lipinski definition) is 0. The van der Waals surface area contributed by atoms with E-state index in [0.29, 0.717) is 0 Å². The van der Waals surface area contributed by atoms with E-state index in [1.165, 1.54) is 18.2 Å². The second-order valence-electron chi connectivity index (χ2n) is 4.68. The Kier molecular flexibility index (Phi) is 4.70. The fraction of sp³-hybridized carbons (Fsp3) is 0.250. The molecule has 100 valence electrons. The summed E-state index contributed by atoms with van der Waals surface area (Å²) in [5, 5.41) is 0.743. The minimum Gasteiger partial charge on any atom is -0.207 e. The van der Waals surface area contributed by atoms with Crippen LogP contribution in [-0.2, 0) is 6.42 Å². The topological polar surface area (TPSA) is 0 Å². The summed E-state index contributed by atoms with van der Waals surface area (Å²) in [5.41, 5.74) is 2.98. The molecule has 0 bridgehead atoms. The summed E-state index contributed by atoms with van der Waals surface area (Å²) in [6.07, 6.45) is 0.765. The van der Waals surface area contributed by atoms with E-state index in [1.807, 2.05) is 13.0 Å². The first-order valence-electron chi connectivity index (χ1n) is 6.16. The van der Waals surface area contributed by atoms with Crippen LogP contribution in [0.1, 0.15) is 22.6 Å². The average Bonchev–Trinajstić information content (AvgIpc) is 2.38. The summed E-state index contributed by atoms with van der Waals surface area (Å²) in [7, 11) is 0. The lowest BCUT2D eigenvalue weighted by Crippen LogP contribution is -2.06. The second kappa shape index (κ2) is 6.29. The highest BCUT2D eigenvalue weighted by Gasteiger charge is 2.13. The van der Waals surface area contributed by atoms with Gasteiger partial charge in [-0.3, -0.25) is 0 Å². The maximum absolute atomic E-state index is 13.3. The first-order valence-corrected chi connectivity index (χ1v) is 7.28. The van der Waals surface area contributed by atoms with Gasteiger partial charge in [0, 0.05) is 5.33 Å². The van der Waals surface area contributed by atoms with Gasteiger partial charge in [-0.15, -0.1) is 0 Å². The van der Waals surface area contributed by atoms with Crippen LogP contribution in [0.15, 0.2) is 42.5 Å². The molecule has 0 heterocycles. The first-order chi connectivity index (χ1) is 9.10. The summed E-state index contributed by atoms with van der Waals surface area (Å²) >= 11 is 3.48. The van der Waals surface area contributed by atoms with Crippen molar-refractivity contribution < 1.29 is 8.78 Å². The van der Waals surface area contributed by atoms with Gasteiger partial charge in [0.2, 0.25) is 0 Å². The molecule has 1 atom stereocenters. The van der Waals surface area contributed by atoms with Crippen molar-refractivity contribution >= 4 is 15.9 Å². The van der Waals surface area contributed by atoms with Gasteiger partial charge in [-0.25, -0.2) is 8.78 Å². The lowest BCUT2D eigenvalue weighted by molar-refractivity contribution is 0.620. The monoisotopic (exact) mass is 324 g/mol. The van der Waals surface area contributed by atoms with Crippen molar-refractivity contribution in [1.82, 2.24) is 0 Å². The van der Waals surface area contributed by atoms with Crippen LogP contribution in [0.25, 0.3) is 0 Å². The summed E-state index contributed by atoms with van der Waals surface area (Å²) in [6.45, 7) is 1.90. The normalized spacial score (nSPS) is 12.4. The number of hydrogen-bond acceptors (Lipinski definition) is 0. The first kappa shape index (κ1) is 14.2. The zero-order valence-electron chi connectivity index (χ0n) is 10.7. The predicted molar refractivity (Wildman–Crippen MR) is 77.8 cm³/mol. The quantitative estimate of drug-likeness (QED) is 0.695. The maximum Gasteiger partial charge on any atom is 0.123 e. The molecule has 0 amide bonds. The van der Waals surface area contributed by atoms with E-state index in [2.05, 4.69) is 15.9 Å². The van der Waals surface area contributed by atoms with Crippen molar-refractivity contribution in [2.75, 3.05) is 5.33 Å². The van der Waals surface area contributed by atoms with E-state index < -0.39 is 0 Å². The molecule has 19 heavy (non-hydrogen) atoms. The lowest BCUT2D eigenvalue weighted by atomic mass is 9.91. The molecule has 0 saturated heterocycles. The zero-order chi connectivity index (χ0) is 13.8. The van der Waals surface area contributed by atoms with Crippen LogP contribution in [-0.4, -0.2) is 5.33 Å². The number of rotatable bonds is 4. The van der Waals surface area contributed by atoms with Crippen molar-refractivity contribution in [3.8, 4) is 0 Å². The highest BCUT2D eigenvalue weighted by molar-refractivity contribution is 9.09. The van der Waals surface area contributed by atoms with Crippen LogP contribution in [0.4, 0.5) is 8.78 Å². The summed E-state index contributed by atoms with van der Waals surface area (Å²) < 4.78 is 26.4. The molecule has 0 spiro atoms. The molecule has 0 aliphatic carbocycles. The Labute approximate surface area is 120 Å². The van der Waals surface area contributed by atoms with Crippen molar-refractivity contribution in [2.24, 2.45) is 0 Å². The van der Waals surface area contributed by atoms with Gasteiger partial charge < -0.3 is 0 Å². The number of alkyl halides is 1. The molecule has 3 heteroatoms. The van der Waals surface area contributed by atoms with Gasteiger partial charge in [0.15, 0.2) is 0 Å². The third-order valence-electron chi connectivity index (χ3n) is 3.28. The van der Waals surface area contributed by atoms with Crippen molar-refractivity contribution in [1.29, 1.82) is 0 Å². The SMILES string of the molecule is Cc1cc(F)ccc1CC(CBr)c1cccc(F)c1. The van der Waals surface area contributed by atoms with Crippen molar-refractivity contribution in [2.45, 2.75) is 19.3 Å². The largest absolute Gasteiger partial charge is 0.207 e. The summed E-state index contributed by atoms with van der Waals surface area (Å²) in [5.74, 6) is -0.262. The molecule has 0 saturated carbocycles. The molecule has 2 rings (SSSR count). The molecule has 0 fully saturated rings. The molecule has 0 aromatic heterocycles. The molecule has 2 aromatic carbocycles. The zero-order valence-corrected chi connectivity index (χ0v) is 12.3. The van der Waals surface area contributed by atoms with Crippen molar-refractivity contribution in [3.63, 3.8) is 0 Å². The van der Waals surface area contributed by atoms with Gasteiger partial charge in [0.1, 0.15) is 11.6 Å². The van der Waals surface area contributed by atoms with Gasteiger partial charge in [0.05, 0.1) is 0 Å². The van der Waals surface area contributed by atoms with E-state index in [4.69, 9.17) is 0 Å². The fourth-order valence-corrected chi connectivity index (χ4v) is 2.78. The molecule has 2 aromatic rings. The molecule has 0 radical (unpaired) electrons. The standard InChI is InChI=1S/C16H15BrF2/c1-11-7-16(19)6-5-12(11)8-14(10-17)13-3-2-4-15(18)9-13/h2-7,9,14H,8,10H2,1H3. The van der Waals surface area contributed by atoms with E-state index in [1.54, 1.807) is 18.2 Å². The molecule has 0 aliphatic heterocycles. The van der Waals surface area contributed by atoms with Gasteiger partial charge in [0.25, 0.3) is 0 Å². The Morgan fingerprint density at radius 2 is 1.79 bits per heavy atom. The Bertz CT molecular complexity index is 566. The van der Waals surface area contributed by atoms with Gasteiger partial charge in [-0.05, 0) is 60.2 Å². The summed E-state index contributed by atoms with van der Waals surface area (Å²) in [4.78, 5) is 0. The van der Waals surface area contributed by atoms with Crippen molar-refractivity contribution in [3.05, 3.63) is 70.8 Å². The Morgan fingerprint density at radius 1 is 1.05 bits per heavy atom. The molecule has 0 aliphatic rings. The van der Waals surface area contributed by atoms with E-state index in [0.717, 1.165) is 28.4 Å². The lowest BCUT2D eigenvalue weighted by Gasteiger charge is -2.16. The van der Waals surface area contributed by atoms with Crippen LogP contribution >= 0.6 is 15.9 Å². The number of aryl methyl sites for hydroxylation is 1. The van der Waals surface area contributed by atoms with Gasteiger partial charge >= 0.3 is 0 Å². The van der Waals surface area contributed by atoms with Crippen LogP contribution in [0.5, 0.6) is 0 Å².